The highest BCUT2D eigenvalue weighted by Gasteiger charge is 2.44. The molecule has 0 saturated carbocycles. The van der Waals surface area contributed by atoms with Gasteiger partial charge in [-0.25, -0.2) is 0 Å². The molecular weight excluding hydrogens is 215 g/mol. The zero-order valence-corrected chi connectivity index (χ0v) is 8.05. The summed E-state index contributed by atoms with van der Waals surface area (Å²) in [7, 11) is 0. The van der Waals surface area contributed by atoms with Crippen molar-refractivity contribution in [1.29, 1.82) is 0 Å². The maximum absolute atomic E-state index is 12.1. The Hall–Kier alpha value is -0.820. The third-order valence-corrected chi connectivity index (χ3v) is 1.80. The summed E-state index contributed by atoms with van der Waals surface area (Å²) in [6.07, 6.45) is -3.73. The lowest BCUT2D eigenvalue weighted by Gasteiger charge is -2.16. The van der Waals surface area contributed by atoms with E-state index >= 15 is 0 Å². The van der Waals surface area contributed by atoms with Gasteiger partial charge in [-0.15, -0.1) is 0 Å². The van der Waals surface area contributed by atoms with Crippen LogP contribution < -0.4 is 5.32 Å². The number of halogens is 3. The number of unbranched alkanes of at least 4 members (excludes halogenated alkanes) is 1. The van der Waals surface area contributed by atoms with Crippen molar-refractivity contribution < 1.29 is 28.2 Å². The molecule has 0 aromatic heterocycles. The van der Waals surface area contributed by atoms with E-state index in [0.29, 0.717) is 12.8 Å². The Morgan fingerprint density at radius 2 is 1.93 bits per heavy atom. The third kappa shape index (κ3) is 6.29. The minimum atomic E-state index is -4.73. The van der Waals surface area contributed by atoms with E-state index in [1.165, 1.54) is 0 Å². The van der Waals surface area contributed by atoms with Gasteiger partial charge < -0.3 is 15.5 Å². The Morgan fingerprint density at radius 1 is 1.33 bits per heavy atom. The molecule has 0 aliphatic rings. The standard InChI is InChI=1S/C8H14F3NO3/c9-8(10,11)6(7(14)15)5-12-3-1-2-4-13/h6,12-13H,1-5H2,(H,14,15). The van der Waals surface area contributed by atoms with E-state index in [9.17, 15) is 18.0 Å². The van der Waals surface area contributed by atoms with Crippen LogP contribution >= 0.6 is 0 Å². The fourth-order valence-electron chi connectivity index (χ4n) is 0.951. The predicted molar refractivity (Wildman–Crippen MR) is 46.4 cm³/mol. The number of hydrogen-bond acceptors (Lipinski definition) is 3. The number of nitrogens with one attached hydrogen (secondary N) is 1. The Morgan fingerprint density at radius 3 is 2.33 bits per heavy atom. The quantitative estimate of drug-likeness (QED) is 0.559. The second-order valence-corrected chi connectivity index (χ2v) is 3.07. The smallest absolute Gasteiger partial charge is 0.403 e. The van der Waals surface area contributed by atoms with Crippen molar-refractivity contribution in [2.24, 2.45) is 5.92 Å². The molecule has 0 aromatic carbocycles. The molecule has 0 rings (SSSR count). The number of aliphatic carboxylic acids is 1. The summed E-state index contributed by atoms with van der Waals surface area (Å²) in [6.45, 7) is -0.395. The van der Waals surface area contributed by atoms with Crippen LogP contribution in [0.2, 0.25) is 0 Å². The van der Waals surface area contributed by atoms with Gasteiger partial charge in [0.1, 0.15) is 0 Å². The molecule has 0 heterocycles. The van der Waals surface area contributed by atoms with Crippen LogP contribution in [0.4, 0.5) is 13.2 Å². The molecule has 0 aliphatic heterocycles. The molecule has 90 valence electrons. The van der Waals surface area contributed by atoms with E-state index < -0.39 is 24.6 Å². The molecule has 15 heavy (non-hydrogen) atoms. The highest BCUT2D eigenvalue weighted by molar-refractivity contribution is 5.71. The molecule has 0 amide bonds. The van der Waals surface area contributed by atoms with Crippen molar-refractivity contribution in [3.63, 3.8) is 0 Å². The van der Waals surface area contributed by atoms with Crippen molar-refractivity contribution in [2.45, 2.75) is 19.0 Å². The fourth-order valence-corrected chi connectivity index (χ4v) is 0.951. The second kappa shape index (κ2) is 6.62. The van der Waals surface area contributed by atoms with E-state index in [0.717, 1.165) is 0 Å². The Balaban J connectivity index is 3.84. The van der Waals surface area contributed by atoms with E-state index in [1.807, 2.05) is 0 Å². The first-order chi connectivity index (χ1) is 6.89. The number of carboxylic acids is 1. The first-order valence-corrected chi connectivity index (χ1v) is 4.50. The second-order valence-electron chi connectivity index (χ2n) is 3.07. The van der Waals surface area contributed by atoms with E-state index in [1.54, 1.807) is 0 Å². The number of hydrogen-bond donors (Lipinski definition) is 3. The van der Waals surface area contributed by atoms with Gasteiger partial charge in [0.2, 0.25) is 0 Å². The van der Waals surface area contributed by atoms with Gasteiger partial charge in [-0.3, -0.25) is 4.79 Å². The largest absolute Gasteiger partial charge is 0.481 e. The molecule has 0 aliphatic carbocycles. The van der Waals surface area contributed by atoms with Gasteiger partial charge in [-0.1, -0.05) is 0 Å². The number of alkyl halides is 3. The van der Waals surface area contributed by atoms with Gasteiger partial charge in [0.05, 0.1) is 0 Å². The molecule has 1 atom stereocenters. The van der Waals surface area contributed by atoms with Crippen molar-refractivity contribution in [1.82, 2.24) is 5.32 Å². The Labute approximate surface area is 85.1 Å². The zero-order valence-electron chi connectivity index (χ0n) is 8.05. The molecule has 7 heteroatoms. The Kier molecular flexibility index (Phi) is 6.26. The van der Waals surface area contributed by atoms with Crippen molar-refractivity contribution in [3.05, 3.63) is 0 Å². The molecular formula is C8H14F3NO3. The molecule has 0 spiro atoms. The number of aliphatic hydroxyl groups is 1. The van der Waals surface area contributed by atoms with Crippen LogP contribution in [0.25, 0.3) is 0 Å². The average Bonchev–Trinajstić information content (AvgIpc) is 2.08. The molecule has 0 fully saturated rings. The highest BCUT2D eigenvalue weighted by Crippen LogP contribution is 2.25. The highest BCUT2D eigenvalue weighted by atomic mass is 19.4. The summed E-state index contributed by atoms with van der Waals surface area (Å²) >= 11 is 0. The Bertz CT molecular complexity index is 196. The monoisotopic (exact) mass is 229 g/mol. The number of carboxylic acid groups (broad SMARTS) is 1. The fraction of sp³-hybridized carbons (Fsp3) is 0.875. The summed E-state index contributed by atoms with van der Waals surface area (Å²) in [5.74, 6) is -4.25. The molecule has 0 radical (unpaired) electrons. The average molecular weight is 229 g/mol. The topological polar surface area (TPSA) is 69.6 Å². The summed E-state index contributed by atoms with van der Waals surface area (Å²) in [4.78, 5) is 10.3. The van der Waals surface area contributed by atoms with Gasteiger partial charge in [0, 0.05) is 13.2 Å². The normalized spacial score (nSPS) is 13.9. The van der Waals surface area contributed by atoms with Crippen LogP contribution in [0.1, 0.15) is 12.8 Å². The zero-order chi connectivity index (χ0) is 11.9. The minimum Gasteiger partial charge on any atom is -0.481 e. The van der Waals surface area contributed by atoms with E-state index in [-0.39, 0.29) is 13.2 Å². The van der Waals surface area contributed by atoms with Crippen molar-refractivity contribution in [2.75, 3.05) is 19.7 Å². The summed E-state index contributed by atoms with van der Waals surface area (Å²) in [5, 5.41) is 19.1. The molecule has 0 aromatic rings. The van der Waals surface area contributed by atoms with E-state index in [2.05, 4.69) is 5.32 Å². The van der Waals surface area contributed by atoms with Gasteiger partial charge >= 0.3 is 12.1 Å². The maximum atomic E-state index is 12.1. The van der Waals surface area contributed by atoms with Crippen molar-refractivity contribution >= 4 is 5.97 Å². The maximum Gasteiger partial charge on any atom is 0.403 e. The van der Waals surface area contributed by atoms with Gasteiger partial charge in [-0.2, -0.15) is 13.2 Å². The van der Waals surface area contributed by atoms with Crippen molar-refractivity contribution in [3.8, 4) is 0 Å². The van der Waals surface area contributed by atoms with Crippen LogP contribution in [0.15, 0.2) is 0 Å². The van der Waals surface area contributed by atoms with Crippen LogP contribution in [0, 0.1) is 5.92 Å². The summed E-state index contributed by atoms with van der Waals surface area (Å²) in [5.41, 5.74) is 0. The lowest BCUT2D eigenvalue weighted by molar-refractivity contribution is -0.192. The van der Waals surface area contributed by atoms with Crippen LogP contribution in [-0.4, -0.2) is 42.1 Å². The first kappa shape index (κ1) is 14.2. The van der Waals surface area contributed by atoms with Gasteiger partial charge in [0.15, 0.2) is 5.92 Å². The SMILES string of the molecule is O=C(O)C(CNCCCCO)C(F)(F)F. The first-order valence-electron chi connectivity index (χ1n) is 4.50. The summed E-state index contributed by atoms with van der Waals surface area (Å²) in [6, 6.07) is 0. The lowest BCUT2D eigenvalue weighted by atomic mass is 10.1. The van der Waals surface area contributed by atoms with Crippen LogP contribution in [0.5, 0.6) is 0 Å². The molecule has 4 nitrogen and oxygen atoms in total. The van der Waals surface area contributed by atoms with Crippen LogP contribution in [0.3, 0.4) is 0 Å². The minimum absolute atomic E-state index is 0.0245. The number of rotatable bonds is 7. The van der Waals surface area contributed by atoms with Gasteiger partial charge in [-0.05, 0) is 19.4 Å². The molecule has 1 unspecified atom stereocenters. The third-order valence-electron chi connectivity index (χ3n) is 1.80. The van der Waals surface area contributed by atoms with E-state index in [4.69, 9.17) is 10.2 Å². The van der Waals surface area contributed by atoms with Crippen LogP contribution in [-0.2, 0) is 4.79 Å². The number of carbonyl (C=O) groups is 1. The number of aliphatic hydroxyl groups excluding tert-OH is 1. The lowest BCUT2D eigenvalue weighted by Crippen LogP contribution is -2.39. The molecule has 0 bridgehead atoms. The summed E-state index contributed by atoms with van der Waals surface area (Å²) < 4.78 is 36.3. The van der Waals surface area contributed by atoms with Gasteiger partial charge in [0.25, 0.3) is 0 Å². The molecule has 3 N–H and O–H groups in total. The molecule has 0 saturated heterocycles. The predicted octanol–water partition coefficient (Wildman–Crippen LogP) is 0.612.